The molecule has 0 atom stereocenters. The molecule has 0 fully saturated rings. The first-order valence-electron chi connectivity index (χ1n) is 5.66. The van der Waals surface area contributed by atoms with Gasteiger partial charge in [-0.1, -0.05) is 12.1 Å². The maximum absolute atomic E-state index is 8.67. The molecule has 2 N–H and O–H groups in total. The molecular formula is C13H19N3O. The average Bonchev–Trinajstić information content (AvgIpc) is 2.34. The van der Waals surface area contributed by atoms with Crippen molar-refractivity contribution in [1.82, 2.24) is 0 Å². The molecule has 0 spiro atoms. The van der Waals surface area contributed by atoms with Gasteiger partial charge in [-0.3, -0.25) is 0 Å². The monoisotopic (exact) mass is 233 g/mol. The molecule has 0 amide bonds. The minimum atomic E-state index is 0.483. The third-order valence-electron chi connectivity index (χ3n) is 2.70. The summed E-state index contributed by atoms with van der Waals surface area (Å²) in [6.45, 7) is 4.02. The van der Waals surface area contributed by atoms with E-state index in [1.165, 1.54) is 0 Å². The van der Waals surface area contributed by atoms with Gasteiger partial charge in [-0.25, -0.2) is 0 Å². The summed E-state index contributed by atoms with van der Waals surface area (Å²) in [7, 11) is 1.67. The van der Waals surface area contributed by atoms with E-state index in [1.54, 1.807) is 7.11 Å². The third-order valence-corrected chi connectivity index (χ3v) is 2.70. The van der Waals surface area contributed by atoms with Crippen LogP contribution >= 0.6 is 0 Å². The topological polar surface area (TPSA) is 62.3 Å². The van der Waals surface area contributed by atoms with Crippen molar-refractivity contribution in [2.24, 2.45) is 0 Å². The summed E-state index contributed by atoms with van der Waals surface area (Å²) in [5.74, 6) is 0. The van der Waals surface area contributed by atoms with E-state index in [-0.39, 0.29) is 0 Å². The minimum absolute atomic E-state index is 0.483. The summed E-state index contributed by atoms with van der Waals surface area (Å²) in [5, 5.41) is 8.67. The first-order valence-corrected chi connectivity index (χ1v) is 5.66. The van der Waals surface area contributed by atoms with Gasteiger partial charge in [0.2, 0.25) is 0 Å². The molecule has 0 aliphatic carbocycles. The number of nitrogen functional groups attached to an aromatic ring is 1. The van der Waals surface area contributed by atoms with E-state index >= 15 is 0 Å². The summed E-state index contributed by atoms with van der Waals surface area (Å²) in [4.78, 5) is 2.09. The molecule has 0 radical (unpaired) electrons. The van der Waals surface area contributed by atoms with Gasteiger partial charge in [0.25, 0.3) is 0 Å². The molecule has 0 heterocycles. The van der Waals surface area contributed by atoms with Crippen LogP contribution < -0.4 is 10.6 Å². The molecule has 0 aliphatic heterocycles. The zero-order valence-electron chi connectivity index (χ0n) is 10.4. The van der Waals surface area contributed by atoms with E-state index in [1.807, 2.05) is 25.1 Å². The summed E-state index contributed by atoms with van der Waals surface area (Å²) in [5.41, 5.74) is 8.88. The van der Waals surface area contributed by atoms with Crippen molar-refractivity contribution < 1.29 is 4.74 Å². The largest absolute Gasteiger partial charge is 0.397 e. The number of nitriles is 1. The van der Waals surface area contributed by atoms with Crippen LogP contribution in [0.5, 0.6) is 0 Å². The fraction of sp³-hybridized carbons (Fsp3) is 0.462. The average molecular weight is 233 g/mol. The van der Waals surface area contributed by atoms with Crippen molar-refractivity contribution in [2.45, 2.75) is 13.3 Å². The lowest BCUT2D eigenvalue weighted by atomic mass is 10.1. The second kappa shape index (κ2) is 6.77. The Kier molecular flexibility index (Phi) is 5.31. The minimum Gasteiger partial charge on any atom is -0.397 e. The number of anilines is 2. The highest BCUT2D eigenvalue weighted by Crippen LogP contribution is 2.26. The predicted octanol–water partition coefficient (Wildman–Crippen LogP) is 1.94. The number of ether oxygens (including phenoxy) is 1. The molecule has 92 valence electrons. The number of nitrogens with zero attached hydrogens (tertiary/aromatic N) is 2. The first-order chi connectivity index (χ1) is 8.20. The maximum atomic E-state index is 8.67. The summed E-state index contributed by atoms with van der Waals surface area (Å²) in [6, 6.07) is 8.10. The number of para-hydroxylation sites is 1. The number of benzene rings is 1. The van der Waals surface area contributed by atoms with Crippen LogP contribution in [-0.4, -0.2) is 26.8 Å². The molecule has 0 aliphatic rings. The zero-order chi connectivity index (χ0) is 12.7. The molecular weight excluding hydrogens is 214 g/mol. The molecule has 0 aromatic heterocycles. The Morgan fingerprint density at radius 1 is 1.41 bits per heavy atom. The van der Waals surface area contributed by atoms with Crippen LogP contribution in [0.15, 0.2) is 18.2 Å². The second-order valence-corrected chi connectivity index (χ2v) is 3.90. The van der Waals surface area contributed by atoms with Crippen molar-refractivity contribution in [1.29, 1.82) is 5.26 Å². The van der Waals surface area contributed by atoms with Gasteiger partial charge in [-0.15, -0.1) is 0 Å². The Hall–Kier alpha value is -1.73. The molecule has 0 saturated heterocycles. The lowest BCUT2D eigenvalue weighted by Crippen LogP contribution is -2.29. The number of hydrogen-bond acceptors (Lipinski definition) is 4. The Morgan fingerprint density at radius 2 is 2.18 bits per heavy atom. The van der Waals surface area contributed by atoms with Crippen LogP contribution in [0, 0.1) is 18.3 Å². The first kappa shape index (κ1) is 13.3. The molecule has 0 unspecified atom stereocenters. The standard InChI is InChI=1S/C13H19N3O/c1-11-5-3-6-12(13(11)15)16(8-4-7-14)9-10-17-2/h3,5-6H,4,8-10,15H2,1-2H3. The van der Waals surface area contributed by atoms with Gasteiger partial charge < -0.3 is 15.4 Å². The van der Waals surface area contributed by atoms with Gasteiger partial charge in [0.1, 0.15) is 0 Å². The molecule has 1 aromatic rings. The smallest absolute Gasteiger partial charge is 0.0640 e. The maximum Gasteiger partial charge on any atom is 0.0640 e. The van der Waals surface area contributed by atoms with E-state index in [9.17, 15) is 0 Å². The van der Waals surface area contributed by atoms with Gasteiger partial charge >= 0.3 is 0 Å². The normalized spacial score (nSPS) is 9.94. The molecule has 17 heavy (non-hydrogen) atoms. The highest BCUT2D eigenvalue weighted by Gasteiger charge is 2.10. The summed E-state index contributed by atoms with van der Waals surface area (Å²) >= 11 is 0. The van der Waals surface area contributed by atoms with E-state index in [2.05, 4.69) is 11.0 Å². The fourth-order valence-corrected chi connectivity index (χ4v) is 1.68. The van der Waals surface area contributed by atoms with Crippen LogP contribution in [0.1, 0.15) is 12.0 Å². The number of rotatable bonds is 6. The van der Waals surface area contributed by atoms with Crippen molar-refractivity contribution in [2.75, 3.05) is 37.4 Å². The fourth-order valence-electron chi connectivity index (χ4n) is 1.68. The summed E-state index contributed by atoms with van der Waals surface area (Å²) < 4.78 is 5.08. The van der Waals surface area contributed by atoms with Crippen molar-refractivity contribution in [3.05, 3.63) is 23.8 Å². The number of methoxy groups -OCH3 is 1. The molecule has 0 saturated carbocycles. The molecule has 1 aromatic carbocycles. The Labute approximate surface area is 103 Å². The van der Waals surface area contributed by atoms with Crippen molar-refractivity contribution in [3.63, 3.8) is 0 Å². The van der Waals surface area contributed by atoms with E-state index in [0.29, 0.717) is 19.6 Å². The predicted molar refractivity (Wildman–Crippen MR) is 69.9 cm³/mol. The van der Waals surface area contributed by atoms with Crippen LogP contribution in [-0.2, 0) is 4.74 Å². The number of aryl methyl sites for hydroxylation is 1. The van der Waals surface area contributed by atoms with Gasteiger partial charge in [0.15, 0.2) is 0 Å². The zero-order valence-corrected chi connectivity index (χ0v) is 10.4. The quantitative estimate of drug-likeness (QED) is 0.763. The number of hydrogen-bond donors (Lipinski definition) is 1. The van der Waals surface area contributed by atoms with Crippen LogP contribution in [0.2, 0.25) is 0 Å². The van der Waals surface area contributed by atoms with Crippen LogP contribution in [0.3, 0.4) is 0 Å². The highest BCUT2D eigenvalue weighted by molar-refractivity contribution is 5.70. The van der Waals surface area contributed by atoms with Gasteiger partial charge in [-0.2, -0.15) is 5.26 Å². The van der Waals surface area contributed by atoms with Gasteiger partial charge in [-0.05, 0) is 18.6 Å². The summed E-state index contributed by atoms with van der Waals surface area (Å²) in [6.07, 6.45) is 0.483. The molecule has 4 heteroatoms. The second-order valence-electron chi connectivity index (χ2n) is 3.90. The highest BCUT2D eigenvalue weighted by atomic mass is 16.5. The van der Waals surface area contributed by atoms with Crippen molar-refractivity contribution >= 4 is 11.4 Å². The third kappa shape index (κ3) is 3.65. The van der Waals surface area contributed by atoms with Crippen LogP contribution in [0.4, 0.5) is 11.4 Å². The Morgan fingerprint density at radius 3 is 2.82 bits per heavy atom. The lowest BCUT2D eigenvalue weighted by Gasteiger charge is -2.25. The Balaban J connectivity index is 2.87. The lowest BCUT2D eigenvalue weighted by molar-refractivity contribution is 0.205. The SMILES string of the molecule is COCCN(CCC#N)c1cccc(C)c1N. The van der Waals surface area contributed by atoms with E-state index in [0.717, 1.165) is 23.5 Å². The molecule has 4 nitrogen and oxygen atoms in total. The number of nitrogens with two attached hydrogens (primary N) is 1. The van der Waals surface area contributed by atoms with E-state index < -0.39 is 0 Å². The van der Waals surface area contributed by atoms with Crippen molar-refractivity contribution in [3.8, 4) is 6.07 Å². The van der Waals surface area contributed by atoms with E-state index in [4.69, 9.17) is 15.7 Å². The Bertz CT molecular complexity index is 398. The van der Waals surface area contributed by atoms with Crippen LogP contribution in [0.25, 0.3) is 0 Å². The molecule has 1 rings (SSSR count). The van der Waals surface area contributed by atoms with Gasteiger partial charge in [0.05, 0.1) is 30.5 Å². The molecule has 0 bridgehead atoms. The van der Waals surface area contributed by atoms with Gasteiger partial charge in [0, 0.05) is 20.2 Å².